The molecule has 0 aromatic carbocycles. The summed E-state index contributed by atoms with van der Waals surface area (Å²) in [4.78, 5) is 23.8. The van der Waals surface area contributed by atoms with E-state index in [-0.39, 0.29) is 11.9 Å². The molecule has 128 valence electrons. The molecule has 0 unspecified atom stereocenters. The summed E-state index contributed by atoms with van der Waals surface area (Å²) in [5, 5.41) is 0.921. The Morgan fingerprint density at radius 1 is 1.29 bits per heavy atom. The number of carbonyl (C=O) groups is 1. The number of aromatic amines is 1. The molecule has 24 heavy (non-hydrogen) atoms. The maximum Gasteiger partial charge on any atom is 0.258 e. The van der Waals surface area contributed by atoms with Gasteiger partial charge in [-0.3, -0.25) is 4.79 Å². The number of carbonyl (C=O) groups excluding carboxylic acids is 1. The van der Waals surface area contributed by atoms with Crippen molar-refractivity contribution in [3.63, 3.8) is 0 Å². The number of H-pyrrole nitrogens is 1. The van der Waals surface area contributed by atoms with Gasteiger partial charge < -0.3 is 14.8 Å². The van der Waals surface area contributed by atoms with E-state index >= 15 is 0 Å². The molecule has 1 saturated carbocycles. The number of alkyl halides is 2. The molecule has 3 heterocycles. The van der Waals surface area contributed by atoms with Gasteiger partial charge in [-0.05, 0) is 31.7 Å². The van der Waals surface area contributed by atoms with Crippen LogP contribution < -0.4 is 4.90 Å². The molecule has 2 aliphatic rings. The summed E-state index contributed by atoms with van der Waals surface area (Å²) in [7, 11) is 1.77. The van der Waals surface area contributed by atoms with E-state index in [1.54, 1.807) is 18.1 Å². The average Bonchev–Trinajstić information content (AvgIpc) is 3.06. The van der Waals surface area contributed by atoms with Gasteiger partial charge in [-0.1, -0.05) is 0 Å². The summed E-state index contributed by atoms with van der Waals surface area (Å²) in [5.41, 5.74) is 2.23. The molecule has 0 saturated heterocycles. The molecule has 2 aromatic rings. The number of rotatable bonds is 2. The first-order valence-electron chi connectivity index (χ1n) is 8.32. The van der Waals surface area contributed by atoms with Gasteiger partial charge in [0.05, 0.1) is 17.9 Å². The van der Waals surface area contributed by atoms with Crippen LogP contribution in [0.15, 0.2) is 18.5 Å². The second-order valence-electron chi connectivity index (χ2n) is 6.78. The van der Waals surface area contributed by atoms with Crippen LogP contribution in [-0.2, 0) is 0 Å². The fourth-order valence-corrected chi connectivity index (χ4v) is 3.99. The molecule has 0 bridgehead atoms. The lowest BCUT2D eigenvalue weighted by atomic mass is 9.85. The number of nitrogens with one attached hydrogen (secondary N) is 1. The smallest absolute Gasteiger partial charge is 0.258 e. The highest BCUT2D eigenvalue weighted by atomic mass is 19.3. The first-order chi connectivity index (χ1) is 11.6. The van der Waals surface area contributed by atoms with Crippen molar-refractivity contribution in [1.29, 1.82) is 0 Å². The Hall–Kier alpha value is -2.18. The number of fused-ring (bicyclic) bond motifs is 3. The average molecular weight is 334 g/mol. The molecular weight excluding hydrogens is 314 g/mol. The molecule has 1 aliphatic carbocycles. The van der Waals surface area contributed by atoms with Crippen LogP contribution in [0.25, 0.3) is 11.0 Å². The summed E-state index contributed by atoms with van der Waals surface area (Å²) in [5.74, 6) is -0.535. The monoisotopic (exact) mass is 334 g/mol. The fourth-order valence-electron chi connectivity index (χ4n) is 3.99. The minimum absolute atomic E-state index is 0.0434. The summed E-state index contributed by atoms with van der Waals surface area (Å²) in [6.07, 6.45) is 3.72. The normalized spacial score (nSPS) is 24.8. The largest absolute Gasteiger partial charge is 0.349 e. The molecule has 1 fully saturated rings. The van der Waals surface area contributed by atoms with Crippen molar-refractivity contribution in [2.24, 2.45) is 5.92 Å². The molecule has 2 aromatic heterocycles. The summed E-state index contributed by atoms with van der Waals surface area (Å²) < 4.78 is 25.9. The highest BCUT2D eigenvalue weighted by molar-refractivity contribution is 6.08. The van der Waals surface area contributed by atoms with E-state index in [4.69, 9.17) is 0 Å². The minimum atomic E-state index is -2.23. The zero-order chi connectivity index (χ0) is 16.8. The molecule has 0 radical (unpaired) electrons. The van der Waals surface area contributed by atoms with Gasteiger partial charge in [0.2, 0.25) is 6.43 Å². The maximum absolute atomic E-state index is 12.9. The van der Waals surface area contributed by atoms with Crippen molar-refractivity contribution in [3.05, 3.63) is 24.0 Å². The molecule has 0 spiro atoms. The Labute approximate surface area is 138 Å². The molecule has 7 heteroatoms. The van der Waals surface area contributed by atoms with Crippen molar-refractivity contribution in [3.8, 4) is 0 Å². The van der Waals surface area contributed by atoms with Gasteiger partial charge in [0.15, 0.2) is 0 Å². The lowest BCUT2D eigenvalue weighted by molar-refractivity contribution is 0.0514. The predicted octanol–water partition coefficient (Wildman–Crippen LogP) is 3.24. The number of hydrogen-bond donors (Lipinski definition) is 1. The number of nitrogens with zero attached hydrogens (tertiary/aromatic N) is 3. The lowest BCUT2D eigenvalue weighted by Gasteiger charge is -2.43. The first-order valence-corrected chi connectivity index (χ1v) is 8.32. The quantitative estimate of drug-likeness (QED) is 0.917. The standard InChI is InChI=1S/C17H20F2N4O/c1-22-9-23(11-4-2-10(3-5-11)15(18)19)14-12-6-7-20-16(12)21-8-13(14)17(22)24/h6-8,10-11,15H,2-5,9H2,1H3,(H,20,21). The zero-order valence-corrected chi connectivity index (χ0v) is 13.5. The molecule has 5 nitrogen and oxygen atoms in total. The van der Waals surface area contributed by atoms with Crippen LogP contribution in [0, 0.1) is 5.92 Å². The molecular formula is C17H20F2N4O. The fraction of sp³-hybridized carbons (Fsp3) is 0.529. The Kier molecular flexibility index (Phi) is 3.66. The van der Waals surface area contributed by atoms with Gasteiger partial charge in [0.1, 0.15) is 5.65 Å². The van der Waals surface area contributed by atoms with E-state index in [0.29, 0.717) is 25.1 Å². The summed E-state index contributed by atoms with van der Waals surface area (Å²) >= 11 is 0. The molecule has 1 amide bonds. The zero-order valence-electron chi connectivity index (χ0n) is 13.5. The Morgan fingerprint density at radius 2 is 2.04 bits per heavy atom. The first kappa shape index (κ1) is 15.4. The maximum atomic E-state index is 12.9. The van der Waals surface area contributed by atoms with Crippen LogP contribution in [0.5, 0.6) is 0 Å². The van der Waals surface area contributed by atoms with E-state index in [9.17, 15) is 13.6 Å². The summed E-state index contributed by atoms with van der Waals surface area (Å²) in [6, 6.07) is 2.10. The van der Waals surface area contributed by atoms with Crippen LogP contribution in [0.4, 0.5) is 14.5 Å². The van der Waals surface area contributed by atoms with Crippen LogP contribution in [0.1, 0.15) is 36.0 Å². The topological polar surface area (TPSA) is 52.2 Å². The number of aromatic nitrogens is 2. The van der Waals surface area contributed by atoms with Gasteiger partial charge in [0, 0.05) is 36.8 Å². The Bertz CT molecular complexity index is 767. The van der Waals surface area contributed by atoms with E-state index in [0.717, 1.165) is 29.6 Å². The number of amides is 1. The number of halogens is 2. The van der Waals surface area contributed by atoms with Crippen molar-refractivity contribution < 1.29 is 13.6 Å². The minimum Gasteiger partial charge on any atom is -0.349 e. The van der Waals surface area contributed by atoms with E-state index < -0.39 is 12.3 Å². The second-order valence-corrected chi connectivity index (χ2v) is 6.78. The van der Waals surface area contributed by atoms with Crippen LogP contribution in [0.3, 0.4) is 0 Å². The third-order valence-corrected chi connectivity index (χ3v) is 5.33. The number of anilines is 1. The summed E-state index contributed by atoms with van der Waals surface area (Å²) in [6.45, 7) is 0.486. The molecule has 1 aliphatic heterocycles. The van der Waals surface area contributed by atoms with Crippen molar-refractivity contribution in [2.75, 3.05) is 18.6 Å². The van der Waals surface area contributed by atoms with Crippen LogP contribution in [-0.4, -0.2) is 47.0 Å². The molecule has 1 N–H and O–H groups in total. The van der Waals surface area contributed by atoms with Crippen molar-refractivity contribution in [1.82, 2.24) is 14.9 Å². The van der Waals surface area contributed by atoms with Crippen molar-refractivity contribution in [2.45, 2.75) is 38.2 Å². The number of hydrogen-bond acceptors (Lipinski definition) is 3. The van der Waals surface area contributed by atoms with Gasteiger partial charge in [-0.2, -0.15) is 0 Å². The lowest BCUT2D eigenvalue weighted by Crippen LogP contribution is -2.50. The third-order valence-electron chi connectivity index (χ3n) is 5.33. The predicted molar refractivity (Wildman–Crippen MR) is 87.3 cm³/mol. The van der Waals surface area contributed by atoms with Gasteiger partial charge in [-0.25, -0.2) is 13.8 Å². The molecule has 4 rings (SSSR count). The van der Waals surface area contributed by atoms with E-state index in [2.05, 4.69) is 14.9 Å². The van der Waals surface area contributed by atoms with E-state index in [1.807, 2.05) is 12.3 Å². The van der Waals surface area contributed by atoms with Gasteiger partial charge in [-0.15, -0.1) is 0 Å². The second kappa shape index (κ2) is 5.72. The van der Waals surface area contributed by atoms with E-state index in [1.165, 1.54) is 0 Å². The SMILES string of the molecule is CN1CN(C2CCC(C(F)F)CC2)c2c(cnc3[nH]ccc23)C1=O. The van der Waals surface area contributed by atoms with Crippen LogP contribution in [0.2, 0.25) is 0 Å². The highest BCUT2D eigenvalue weighted by Crippen LogP contribution is 2.39. The van der Waals surface area contributed by atoms with Gasteiger partial charge >= 0.3 is 0 Å². The Balaban J connectivity index is 1.71. The van der Waals surface area contributed by atoms with Gasteiger partial charge in [0.25, 0.3) is 5.91 Å². The highest BCUT2D eigenvalue weighted by Gasteiger charge is 2.36. The number of pyridine rings is 1. The molecule has 0 atom stereocenters. The Morgan fingerprint density at radius 3 is 2.75 bits per heavy atom. The van der Waals surface area contributed by atoms with Crippen molar-refractivity contribution >= 4 is 22.6 Å². The van der Waals surface area contributed by atoms with Crippen LogP contribution >= 0.6 is 0 Å². The third kappa shape index (κ3) is 2.34.